The van der Waals surface area contributed by atoms with E-state index in [0.29, 0.717) is 34.3 Å². The molecule has 2 aromatic rings. The fourth-order valence-corrected chi connectivity index (χ4v) is 8.02. The minimum Gasteiger partial charge on any atom is -0.375 e. The molecule has 3 heterocycles. The zero-order valence-electron chi connectivity index (χ0n) is 26.3. The topological polar surface area (TPSA) is 42.7 Å². The zero-order chi connectivity index (χ0) is 29.7. The summed E-state index contributed by atoms with van der Waals surface area (Å²) in [6.45, 7) is 14.2. The second kappa shape index (κ2) is 13.9. The van der Waals surface area contributed by atoms with Crippen LogP contribution in [0.25, 0.3) is 0 Å². The Kier molecular flexibility index (Phi) is 10.3. The molecule has 0 amide bonds. The molecular weight excluding hydrogens is 540 g/mol. The highest BCUT2D eigenvalue weighted by molar-refractivity contribution is 6.32. The van der Waals surface area contributed by atoms with Gasteiger partial charge in [-0.25, -0.2) is 0 Å². The van der Waals surface area contributed by atoms with Crippen LogP contribution in [0.2, 0.25) is 5.02 Å². The number of nitriles is 1. The van der Waals surface area contributed by atoms with Crippen molar-refractivity contribution in [1.82, 2.24) is 0 Å². The second-order valence-electron chi connectivity index (χ2n) is 13.2. The molecule has 0 radical (unpaired) electrons. The van der Waals surface area contributed by atoms with Crippen molar-refractivity contribution in [2.45, 2.75) is 104 Å². The molecule has 1 spiro atoms. The molecule has 4 aliphatic rings. The first kappa shape index (κ1) is 31.0. The number of nitrogens with zero attached hydrogens (tertiary/aromatic N) is 4. The van der Waals surface area contributed by atoms with E-state index in [9.17, 15) is 5.26 Å². The molecule has 1 unspecified atom stereocenters. The highest BCUT2D eigenvalue weighted by Gasteiger charge is 2.44. The molecule has 42 heavy (non-hydrogen) atoms. The van der Waals surface area contributed by atoms with Gasteiger partial charge in [0, 0.05) is 55.8 Å². The van der Waals surface area contributed by atoms with Crippen molar-refractivity contribution in [2.24, 2.45) is 11.3 Å². The summed E-state index contributed by atoms with van der Waals surface area (Å²) >= 11 is 6.36. The molecule has 6 heteroatoms. The first-order chi connectivity index (χ1) is 20.4. The molecule has 0 N–H and O–H groups in total. The molecule has 3 saturated heterocycles. The number of rotatable bonds is 5. The molecular formula is C36H51ClN4O. The number of hydrogen-bond acceptors (Lipinski definition) is 5. The summed E-state index contributed by atoms with van der Waals surface area (Å²) in [6, 6.07) is 17.9. The van der Waals surface area contributed by atoms with Crippen LogP contribution >= 0.6 is 11.6 Å². The summed E-state index contributed by atoms with van der Waals surface area (Å²) in [5.74, 6) is 0.882. The molecule has 3 aliphatic heterocycles. The maximum Gasteiger partial charge on any atom is 0.101 e. The minimum absolute atomic E-state index is 0.360. The van der Waals surface area contributed by atoms with E-state index in [0.717, 1.165) is 57.2 Å². The molecule has 0 aromatic heterocycles. The Labute approximate surface area is 259 Å². The van der Waals surface area contributed by atoms with Crippen molar-refractivity contribution in [3.05, 3.63) is 53.1 Å². The van der Waals surface area contributed by atoms with Crippen LogP contribution in [-0.4, -0.2) is 51.0 Å². The smallest absolute Gasteiger partial charge is 0.101 e. The number of anilines is 3. The van der Waals surface area contributed by atoms with Crippen LogP contribution in [0.3, 0.4) is 0 Å². The fraction of sp³-hybridized carbons (Fsp3) is 0.639. The van der Waals surface area contributed by atoms with E-state index >= 15 is 0 Å². The number of piperidine rings is 2. The van der Waals surface area contributed by atoms with Crippen LogP contribution < -0.4 is 14.7 Å². The molecule has 5 nitrogen and oxygen atoms in total. The van der Waals surface area contributed by atoms with E-state index in [-0.39, 0.29) is 0 Å². The van der Waals surface area contributed by atoms with Gasteiger partial charge in [0.15, 0.2) is 0 Å². The van der Waals surface area contributed by atoms with Crippen molar-refractivity contribution < 1.29 is 4.74 Å². The zero-order valence-corrected chi connectivity index (χ0v) is 27.1. The maximum atomic E-state index is 9.23. The summed E-state index contributed by atoms with van der Waals surface area (Å²) in [6.07, 6.45) is 12.1. The van der Waals surface area contributed by atoms with Crippen LogP contribution in [0, 0.1) is 22.7 Å². The highest BCUT2D eigenvalue weighted by Crippen LogP contribution is 2.46. The summed E-state index contributed by atoms with van der Waals surface area (Å²) in [5, 5.41) is 9.79. The van der Waals surface area contributed by atoms with Crippen molar-refractivity contribution >= 4 is 28.7 Å². The van der Waals surface area contributed by atoms with Gasteiger partial charge in [-0.3, -0.25) is 0 Å². The van der Waals surface area contributed by atoms with Crippen molar-refractivity contribution in [3.8, 4) is 6.07 Å². The Morgan fingerprint density at radius 3 is 1.90 bits per heavy atom. The molecule has 1 atom stereocenters. The van der Waals surface area contributed by atoms with Crippen molar-refractivity contribution in [1.29, 1.82) is 5.26 Å². The molecule has 2 aromatic carbocycles. The Morgan fingerprint density at radius 2 is 1.33 bits per heavy atom. The lowest BCUT2D eigenvalue weighted by molar-refractivity contribution is -0.0446. The van der Waals surface area contributed by atoms with Crippen LogP contribution in [0.5, 0.6) is 0 Å². The van der Waals surface area contributed by atoms with Gasteiger partial charge in [0.1, 0.15) is 6.07 Å². The number of hydrogen-bond donors (Lipinski definition) is 0. The van der Waals surface area contributed by atoms with Gasteiger partial charge in [0.25, 0.3) is 0 Å². The van der Waals surface area contributed by atoms with Crippen LogP contribution in [0.1, 0.15) is 91.0 Å². The van der Waals surface area contributed by atoms with Gasteiger partial charge in [-0.15, -0.1) is 0 Å². The average Bonchev–Trinajstić information content (AvgIpc) is 3.35. The van der Waals surface area contributed by atoms with E-state index < -0.39 is 0 Å². The van der Waals surface area contributed by atoms with E-state index in [1.807, 2.05) is 26.0 Å². The SMILES string of the molecule is CC.CC1CCC(OC2CCN(c3ccc(N4CCC5(CC4)CC(C)N(c4ccc(C#N)c(Cl)c4)C5)cc3)CC2)CC1. The monoisotopic (exact) mass is 590 g/mol. The van der Waals surface area contributed by atoms with E-state index in [4.69, 9.17) is 16.3 Å². The molecule has 1 aliphatic carbocycles. The van der Waals surface area contributed by atoms with Gasteiger partial charge in [-0.1, -0.05) is 32.4 Å². The predicted octanol–water partition coefficient (Wildman–Crippen LogP) is 8.69. The number of benzene rings is 2. The fourth-order valence-electron chi connectivity index (χ4n) is 7.80. The Hall–Kier alpha value is -2.42. The summed E-state index contributed by atoms with van der Waals surface area (Å²) < 4.78 is 6.50. The largest absolute Gasteiger partial charge is 0.375 e. The van der Waals surface area contributed by atoms with Gasteiger partial charge in [0.2, 0.25) is 0 Å². The first-order valence-corrected chi connectivity index (χ1v) is 17.0. The molecule has 1 saturated carbocycles. The third-order valence-electron chi connectivity index (χ3n) is 10.4. The van der Waals surface area contributed by atoms with Gasteiger partial charge in [-0.05, 0) is 119 Å². The minimum atomic E-state index is 0.360. The van der Waals surface area contributed by atoms with E-state index in [1.54, 1.807) is 0 Å². The Balaban J connectivity index is 0.00000173. The summed E-state index contributed by atoms with van der Waals surface area (Å²) in [4.78, 5) is 7.62. The standard InChI is InChI=1S/C34H45ClN4O.C2H6/c1-25-3-11-31(12-4-25)40-32-13-17-37(18-14-32)28-7-9-29(10-8-28)38-19-15-34(16-20-38)22-26(2)39(24-34)30-6-5-27(23-36)33(35)21-30;1-2/h5-10,21,25-26,31-32H,3-4,11-20,22,24H2,1-2H3;1-2H3. The number of halogens is 1. The molecule has 6 rings (SSSR count). The number of ether oxygens (including phenoxy) is 1. The Morgan fingerprint density at radius 1 is 0.786 bits per heavy atom. The maximum absolute atomic E-state index is 9.23. The average molecular weight is 591 g/mol. The Bertz CT molecular complexity index is 1190. The molecule has 4 fully saturated rings. The van der Waals surface area contributed by atoms with Gasteiger partial charge < -0.3 is 19.4 Å². The summed E-state index contributed by atoms with van der Waals surface area (Å²) in [5.41, 5.74) is 4.76. The second-order valence-corrected chi connectivity index (χ2v) is 13.6. The van der Waals surface area contributed by atoms with Crippen LogP contribution in [0.15, 0.2) is 42.5 Å². The third kappa shape index (κ3) is 7.03. The highest BCUT2D eigenvalue weighted by atomic mass is 35.5. The lowest BCUT2D eigenvalue weighted by Gasteiger charge is -2.41. The van der Waals surface area contributed by atoms with Gasteiger partial charge >= 0.3 is 0 Å². The van der Waals surface area contributed by atoms with Crippen LogP contribution in [0.4, 0.5) is 17.1 Å². The molecule has 0 bridgehead atoms. The van der Waals surface area contributed by atoms with Gasteiger partial charge in [0.05, 0.1) is 22.8 Å². The normalized spacial score (nSPS) is 26.1. The van der Waals surface area contributed by atoms with E-state index in [2.05, 4.69) is 64.9 Å². The van der Waals surface area contributed by atoms with Crippen LogP contribution in [-0.2, 0) is 4.74 Å². The third-order valence-corrected chi connectivity index (χ3v) is 10.7. The molecule has 228 valence electrons. The van der Waals surface area contributed by atoms with Crippen molar-refractivity contribution in [3.63, 3.8) is 0 Å². The lowest BCUT2D eigenvalue weighted by atomic mass is 9.76. The van der Waals surface area contributed by atoms with Crippen molar-refractivity contribution in [2.75, 3.05) is 47.4 Å². The van der Waals surface area contributed by atoms with E-state index in [1.165, 1.54) is 56.3 Å². The summed E-state index contributed by atoms with van der Waals surface area (Å²) in [7, 11) is 0. The van der Waals surface area contributed by atoms with Gasteiger partial charge in [-0.2, -0.15) is 5.26 Å². The predicted molar refractivity (Wildman–Crippen MR) is 177 cm³/mol. The first-order valence-electron chi connectivity index (χ1n) is 16.6. The quantitative estimate of drug-likeness (QED) is 0.348. The lowest BCUT2D eigenvalue weighted by Crippen LogP contribution is -2.41.